The van der Waals surface area contributed by atoms with E-state index in [2.05, 4.69) is 31.3 Å². The van der Waals surface area contributed by atoms with E-state index in [4.69, 9.17) is 18.9 Å². The maximum absolute atomic E-state index is 13.4. The number of carbonyl (C=O) groups is 1. The Morgan fingerprint density at radius 3 is 1.00 bits per heavy atom. The number of nitrogens with one attached hydrogen (secondary N) is 1. The fourth-order valence-electron chi connectivity index (χ4n) is 14.2. The van der Waals surface area contributed by atoms with Gasteiger partial charge >= 0.3 is 0 Å². The summed E-state index contributed by atoms with van der Waals surface area (Å²) in [6.45, 7) is 2.94. The molecule has 0 radical (unpaired) electrons. The van der Waals surface area contributed by atoms with E-state index in [1.165, 1.54) is 327 Å². The molecule has 0 spiro atoms. The van der Waals surface area contributed by atoms with Crippen molar-refractivity contribution in [1.82, 2.24) is 5.32 Å². The van der Waals surface area contributed by atoms with Crippen molar-refractivity contribution in [2.24, 2.45) is 0 Å². The van der Waals surface area contributed by atoms with Gasteiger partial charge in [0.15, 0.2) is 12.6 Å². The standard InChI is InChI=1S/C81H157NO13/c1-3-5-7-9-11-13-15-17-19-21-23-25-27-29-31-32-33-34-35-36-37-38-39-41-43-45-47-49-51-53-55-57-59-61-63-65-73(86)82-69(68-92-80-78(91)76(89)79(72(67-84)94-80)95-81-77(90)75(88)74(87)71(66-83)93-81)70(85)64-62-60-58-56-54-52-50-48-46-44-42-40-30-28-26-24-22-20-18-16-14-12-10-8-6-4-2/h21,23,69-72,74-81,83-85,87-91H,3-20,22,24-68H2,1-2H3,(H,82,86)/b23-21-. The summed E-state index contributed by atoms with van der Waals surface area (Å²) in [6.07, 6.45) is 66.9. The summed E-state index contributed by atoms with van der Waals surface area (Å²) in [5, 5.41) is 87.9. The Morgan fingerprint density at radius 2 is 0.663 bits per heavy atom. The number of ether oxygens (including phenoxy) is 4. The highest BCUT2D eigenvalue weighted by atomic mass is 16.7. The summed E-state index contributed by atoms with van der Waals surface area (Å²) in [5.74, 6) is -0.196. The van der Waals surface area contributed by atoms with Crippen molar-refractivity contribution in [3.63, 3.8) is 0 Å². The third kappa shape index (κ3) is 49.1. The van der Waals surface area contributed by atoms with Gasteiger partial charge in [0.1, 0.15) is 48.8 Å². The van der Waals surface area contributed by atoms with Gasteiger partial charge in [-0.1, -0.05) is 373 Å². The number of aliphatic hydroxyl groups excluding tert-OH is 8. The van der Waals surface area contributed by atoms with Crippen LogP contribution in [0.1, 0.15) is 406 Å². The summed E-state index contributed by atoms with van der Waals surface area (Å²) in [6, 6.07) is -0.827. The first-order valence-corrected chi connectivity index (χ1v) is 41.4. The van der Waals surface area contributed by atoms with E-state index in [0.29, 0.717) is 12.8 Å². The fourth-order valence-corrected chi connectivity index (χ4v) is 14.2. The Morgan fingerprint density at radius 1 is 0.368 bits per heavy atom. The fraction of sp³-hybridized carbons (Fsp3) is 0.963. The van der Waals surface area contributed by atoms with Crippen molar-refractivity contribution in [1.29, 1.82) is 0 Å². The van der Waals surface area contributed by atoms with Gasteiger partial charge in [0, 0.05) is 6.42 Å². The molecule has 2 fully saturated rings. The second-order valence-electron chi connectivity index (χ2n) is 29.6. The molecule has 12 unspecified atom stereocenters. The maximum Gasteiger partial charge on any atom is 0.220 e. The monoisotopic (exact) mass is 1350 g/mol. The molecule has 2 saturated heterocycles. The normalized spacial score (nSPS) is 22.3. The molecule has 0 aromatic carbocycles. The Labute approximate surface area is 584 Å². The van der Waals surface area contributed by atoms with Crippen molar-refractivity contribution in [3.8, 4) is 0 Å². The number of rotatable bonds is 71. The highest BCUT2D eigenvalue weighted by Crippen LogP contribution is 2.31. The van der Waals surface area contributed by atoms with Crippen molar-refractivity contribution in [2.45, 2.75) is 479 Å². The first-order chi connectivity index (χ1) is 46.6. The van der Waals surface area contributed by atoms with Gasteiger partial charge in [-0.15, -0.1) is 0 Å². The SMILES string of the molecule is CCCCCCCCCC/C=C\CCCCCCCCCCCCCCCCCCCCCCCCCC(=O)NC(COC1OC(CO)C(OC2OC(CO)C(O)C(O)C2O)C(O)C1O)C(O)CCCCCCCCCCCCCCCCCCCCCCCCCCCC. The number of carbonyl (C=O) groups excluding carboxylic acids is 1. The number of aliphatic hydroxyl groups is 8. The molecule has 2 aliphatic heterocycles. The van der Waals surface area contributed by atoms with Crippen molar-refractivity contribution in [2.75, 3.05) is 19.8 Å². The molecular weight excluding hydrogens is 1190 g/mol. The first-order valence-electron chi connectivity index (χ1n) is 41.4. The minimum atomic E-state index is -1.78. The van der Waals surface area contributed by atoms with Crippen molar-refractivity contribution >= 4 is 5.91 Å². The third-order valence-corrected chi connectivity index (χ3v) is 20.7. The second-order valence-corrected chi connectivity index (χ2v) is 29.6. The molecule has 12 atom stereocenters. The molecule has 2 aliphatic rings. The smallest absolute Gasteiger partial charge is 0.220 e. The number of unbranched alkanes of at least 4 members (excludes halogenated alkanes) is 56. The maximum atomic E-state index is 13.4. The summed E-state index contributed by atoms with van der Waals surface area (Å²) < 4.78 is 23.0. The van der Waals surface area contributed by atoms with Crippen LogP contribution in [-0.2, 0) is 23.7 Å². The van der Waals surface area contributed by atoms with E-state index in [1.54, 1.807) is 0 Å². The van der Waals surface area contributed by atoms with Crippen LogP contribution in [0, 0.1) is 0 Å². The number of allylic oxidation sites excluding steroid dienone is 2. The predicted octanol–water partition coefficient (Wildman–Crippen LogP) is 18.9. The molecule has 14 heteroatoms. The lowest BCUT2D eigenvalue weighted by Gasteiger charge is -2.46. The summed E-state index contributed by atoms with van der Waals surface area (Å²) in [7, 11) is 0. The van der Waals surface area contributed by atoms with Gasteiger partial charge in [-0.2, -0.15) is 0 Å². The minimum Gasteiger partial charge on any atom is -0.394 e. The molecule has 14 nitrogen and oxygen atoms in total. The van der Waals surface area contributed by atoms with Crippen LogP contribution in [0.3, 0.4) is 0 Å². The Bertz CT molecular complexity index is 1640. The average Bonchev–Trinajstić information content (AvgIpc) is 0.800. The van der Waals surface area contributed by atoms with Gasteiger partial charge in [-0.05, 0) is 38.5 Å². The van der Waals surface area contributed by atoms with Gasteiger partial charge in [0.2, 0.25) is 5.91 Å². The van der Waals surface area contributed by atoms with E-state index in [0.717, 1.165) is 51.4 Å². The van der Waals surface area contributed by atoms with Crippen LogP contribution in [0.2, 0.25) is 0 Å². The number of hydrogen-bond donors (Lipinski definition) is 9. The topological polar surface area (TPSA) is 228 Å². The van der Waals surface area contributed by atoms with Gasteiger partial charge in [-0.3, -0.25) is 4.79 Å². The molecule has 9 N–H and O–H groups in total. The van der Waals surface area contributed by atoms with E-state index >= 15 is 0 Å². The van der Waals surface area contributed by atoms with Crippen molar-refractivity contribution < 1.29 is 64.6 Å². The predicted molar refractivity (Wildman–Crippen MR) is 392 cm³/mol. The van der Waals surface area contributed by atoms with Gasteiger partial charge < -0.3 is 65.1 Å². The van der Waals surface area contributed by atoms with Gasteiger partial charge in [0.25, 0.3) is 0 Å². The number of amides is 1. The lowest BCUT2D eigenvalue weighted by Crippen LogP contribution is -2.65. The van der Waals surface area contributed by atoms with E-state index in [-0.39, 0.29) is 12.5 Å². The molecule has 0 aliphatic carbocycles. The van der Waals surface area contributed by atoms with Crippen LogP contribution in [0.15, 0.2) is 12.2 Å². The van der Waals surface area contributed by atoms with Crippen LogP contribution in [0.4, 0.5) is 0 Å². The Balaban J connectivity index is 1.58. The number of hydrogen-bond acceptors (Lipinski definition) is 13. The Kier molecular flexibility index (Phi) is 62.4. The minimum absolute atomic E-state index is 0.196. The van der Waals surface area contributed by atoms with Crippen LogP contribution < -0.4 is 5.32 Å². The largest absolute Gasteiger partial charge is 0.394 e. The molecule has 0 aromatic rings. The van der Waals surface area contributed by atoms with Crippen LogP contribution >= 0.6 is 0 Å². The highest BCUT2D eigenvalue weighted by molar-refractivity contribution is 5.76. The molecule has 2 rings (SSSR count). The summed E-state index contributed by atoms with van der Waals surface area (Å²) in [5.41, 5.74) is 0. The zero-order valence-corrected chi connectivity index (χ0v) is 62.0. The summed E-state index contributed by atoms with van der Waals surface area (Å²) >= 11 is 0. The van der Waals surface area contributed by atoms with E-state index < -0.39 is 86.8 Å². The first kappa shape index (κ1) is 89.8. The highest BCUT2D eigenvalue weighted by Gasteiger charge is 2.51. The zero-order chi connectivity index (χ0) is 68.7. The summed E-state index contributed by atoms with van der Waals surface area (Å²) in [4.78, 5) is 13.4. The van der Waals surface area contributed by atoms with Gasteiger partial charge in [0.05, 0.1) is 32.0 Å². The van der Waals surface area contributed by atoms with Crippen LogP contribution in [-0.4, -0.2) is 140 Å². The molecule has 0 aromatic heterocycles. The molecule has 95 heavy (non-hydrogen) atoms. The van der Waals surface area contributed by atoms with Crippen LogP contribution in [0.25, 0.3) is 0 Å². The molecule has 1 amide bonds. The van der Waals surface area contributed by atoms with Crippen molar-refractivity contribution in [3.05, 3.63) is 12.2 Å². The van der Waals surface area contributed by atoms with Gasteiger partial charge in [-0.25, -0.2) is 0 Å². The van der Waals surface area contributed by atoms with E-state index in [9.17, 15) is 45.6 Å². The van der Waals surface area contributed by atoms with E-state index in [1.807, 2.05) is 0 Å². The zero-order valence-electron chi connectivity index (χ0n) is 62.0. The van der Waals surface area contributed by atoms with Crippen LogP contribution in [0.5, 0.6) is 0 Å². The molecule has 0 saturated carbocycles. The lowest BCUT2D eigenvalue weighted by atomic mass is 9.97. The Hall–Kier alpha value is -1.27. The average molecular weight is 1350 g/mol. The lowest BCUT2D eigenvalue weighted by molar-refractivity contribution is -0.359. The third-order valence-electron chi connectivity index (χ3n) is 20.7. The molecule has 0 bridgehead atoms. The second kappa shape index (κ2) is 66.0. The molecule has 564 valence electrons. The quantitative estimate of drug-likeness (QED) is 0.0204. The molecule has 2 heterocycles. The molecular formula is C81H157NO13.